The molecule has 0 saturated carbocycles. The van der Waals surface area contributed by atoms with Crippen LogP contribution < -0.4 is 25.4 Å². The van der Waals surface area contributed by atoms with E-state index in [0.29, 0.717) is 11.5 Å². The van der Waals surface area contributed by atoms with Crippen LogP contribution in [0.1, 0.15) is 0 Å². The molecule has 218 valence electrons. The van der Waals surface area contributed by atoms with Crippen molar-refractivity contribution in [2.75, 3.05) is 0 Å². The Hall–Kier alpha value is -5.35. The molecule has 46 heavy (non-hydrogen) atoms. The third kappa shape index (κ3) is 4.17. The van der Waals surface area contributed by atoms with Gasteiger partial charge in [-0.3, -0.25) is 9.97 Å². The fraction of sp³-hybridized carbons (Fsp3) is 0. The maximum absolute atomic E-state index is 7.01. The molecule has 0 amide bonds. The van der Waals surface area contributed by atoms with Crippen molar-refractivity contribution in [2.45, 2.75) is 0 Å². The van der Waals surface area contributed by atoms with E-state index in [1.807, 2.05) is 48.5 Å². The normalized spacial score (nSPS) is 13.4. The van der Waals surface area contributed by atoms with Crippen LogP contribution in [0.25, 0.3) is 44.8 Å². The Balaban J connectivity index is 1.37. The Morgan fingerprint density at radius 1 is 0.457 bits per heavy atom. The molecule has 6 heteroatoms. The van der Waals surface area contributed by atoms with Crippen molar-refractivity contribution in [3.05, 3.63) is 152 Å². The van der Waals surface area contributed by atoms with E-state index in [-0.39, 0.29) is 0 Å². The van der Waals surface area contributed by atoms with Crippen molar-refractivity contribution in [3.8, 4) is 67.8 Å². The van der Waals surface area contributed by atoms with Crippen LogP contribution in [0.2, 0.25) is 0 Å². The van der Waals surface area contributed by atoms with E-state index in [1.165, 1.54) is 0 Å². The molecule has 5 aromatic carbocycles. The predicted octanol–water partition coefficient (Wildman–Crippen LogP) is 9.11. The zero-order valence-electron chi connectivity index (χ0n) is 24.5. The van der Waals surface area contributed by atoms with Gasteiger partial charge in [0.05, 0.1) is 22.7 Å². The van der Waals surface area contributed by atoms with Gasteiger partial charge in [0.2, 0.25) is 0 Å². The maximum Gasteiger partial charge on any atom is 0.149 e. The SMILES string of the molecule is S=P12c3ccc(-c4ccccc4)cc3Oc3c(-c4ccccn4)cc(-c4ccccn4)c(c31)Oc1cc(-c3ccccc3)ccc12. The minimum absolute atomic E-state index is 0.701. The summed E-state index contributed by atoms with van der Waals surface area (Å²) >= 11 is 7.01. The van der Waals surface area contributed by atoms with Gasteiger partial charge in [-0.15, -0.1) is 0 Å². The monoisotopic (exact) mass is 628 g/mol. The number of fused-ring (bicyclic) bond motifs is 4. The number of hydrogen-bond acceptors (Lipinski definition) is 5. The van der Waals surface area contributed by atoms with Crippen molar-refractivity contribution in [1.29, 1.82) is 0 Å². The average Bonchev–Trinajstić information content (AvgIpc) is 3.13. The fourth-order valence-electron chi connectivity index (χ4n) is 6.47. The average molecular weight is 629 g/mol. The third-order valence-corrected chi connectivity index (χ3v) is 13.5. The first-order valence-corrected chi connectivity index (χ1v) is 17.9. The summed E-state index contributed by atoms with van der Waals surface area (Å²) in [7, 11) is 0. The van der Waals surface area contributed by atoms with Crippen molar-refractivity contribution in [1.82, 2.24) is 9.97 Å². The van der Waals surface area contributed by atoms with Gasteiger partial charge in [0.1, 0.15) is 23.0 Å². The zero-order valence-corrected chi connectivity index (χ0v) is 26.2. The molecule has 2 aromatic heterocycles. The highest BCUT2D eigenvalue weighted by atomic mass is 32.4. The van der Waals surface area contributed by atoms with Gasteiger partial charge in [0, 0.05) is 34.1 Å². The number of pyridine rings is 2. The highest BCUT2D eigenvalue weighted by Crippen LogP contribution is 2.62. The number of nitrogens with zero attached hydrogens (tertiary/aromatic N) is 2. The van der Waals surface area contributed by atoms with Crippen LogP contribution in [0.15, 0.2) is 152 Å². The van der Waals surface area contributed by atoms with Crippen LogP contribution in [0.3, 0.4) is 0 Å². The smallest absolute Gasteiger partial charge is 0.149 e. The topological polar surface area (TPSA) is 44.2 Å². The summed E-state index contributed by atoms with van der Waals surface area (Å²) in [4.78, 5) is 9.52. The lowest BCUT2D eigenvalue weighted by molar-refractivity contribution is 0.468. The Kier molecular flexibility index (Phi) is 6.24. The van der Waals surface area contributed by atoms with Gasteiger partial charge >= 0.3 is 0 Å². The summed E-state index contributed by atoms with van der Waals surface area (Å²) in [6, 6.07) is 44.9. The first-order chi connectivity index (χ1) is 22.7. The van der Waals surface area contributed by atoms with Crippen molar-refractivity contribution in [2.24, 2.45) is 0 Å². The molecule has 0 N–H and O–H groups in total. The molecule has 0 bridgehead atoms. The second-order valence-corrected chi connectivity index (χ2v) is 15.6. The van der Waals surface area contributed by atoms with Crippen LogP contribution in [-0.2, 0) is 11.8 Å². The summed E-state index contributed by atoms with van der Waals surface area (Å²) < 4.78 is 13.9. The standard InChI is InChI=1S/C40H25N2O2PS/c46-45-36-19-17-28(26-11-3-1-4-12-26)23-34(36)43-38-30(32-15-7-9-21-41-32)25-31(33-16-8-10-22-42-33)39(40(38)45)44-35-24-29(18-20-37(35)45)27-13-5-2-6-14-27/h1-25H. The lowest BCUT2D eigenvalue weighted by Crippen LogP contribution is -2.35. The number of rotatable bonds is 4. The van der Waals surface area contributed by atoms with Gasteiger partial charge in [-0.25, -0.2) is 0 Å². The summed E-state index contributed by atoms with van der Waals surface area (Å²) in [5, 5.41) is 2.93. The molecule has 0 atom stereocenters. The van der Waals surface area contributed by atoms with E-state index in [0.717, 1.165) is 72.2 Å². The molecule has 7 aromatic rings. The van der Waals surface area contributed by atoms with Gasteiger partial charge in [-0.05, 0) is 76.9 Å². The summed E-state index contributed by atoms with van der Waals surface area (Å²) in [5.41, 5.74) is 7.69. The molecule has 0 radical (unpaired) electrons. The molecule has 4 heterocycles. The molecular formula is C40H25N2O2PS. The van der Waals surface area contributed by atoms with Gasteiger partial charge in [-0.1, -0.05) is 96.7 Å². The van der Waals surface area contributed by atoms with Crippen molar-refractivity contribution < 1.29 is 9.47 Å². The van der Waals surface area contributed by atoms with Crippen LogP contribution >= 0.6 is 6.04 Å². The van der Waals surface area contributed by atoms with Gasteiger partial charge in [0.25, 0.3) is 0 Å². The van der Waals surface area contributed by atoms with Crippen LogP contribution in [0.4, 0.5) is 0 Å². The Morgan fingerprint density at radius 3 is 1.35 bits per heavy atom. The Bertz CT molecular complexity index is 2170. The molecule has 4 nitrogen and oxygen atoms in total. The third-order valence-electron chi connectivity index (χ3n) is 8.64. The van der Waals surface area contributed by atoms with Crippen LogP contribution in [0, 0.1) is 0 Å². The van der Waals surface area contributed by atoms with E-state index in [4.69, 9.17) is 31.2 Å². The predicted molar refractivity (Wildman–Crippen MR) is 190 cm³/mol. The summed E-state index contributed by atoms with van der Waals surface area (Å²) in [6.07, 6.45) is 3.61. The van der Waals surface area contributed by atoms with Crippen molar-refractivity contribution in [3.63, 3.8) is 0 Å². The lowest BCUT2D eigenvalue weighted by atomic mass is 10.0. The molecule has 0 aliphatic carbocycles. The highest BCUT2D eigenvalue weighted by Gasteiger charge is 2.45. The van der Waals surface area contributed by atoms with E-state index < -0.39 is 6.04 Å². The number of aromatic nitrogens is 2. The molecular weight excluding hydrogens is 603 g/mol. The van der Waals surface area contributed by atoms with Gasteiger partial charge in [-0.2, -0.15) is 0 Å². The molecule has 0 unspecified atom stereocenters. The lowest BCUT2D eigenvalue weighted by Gasteiger charge is -2.39. The molecule has 0 saturated heterocycles. The quantitative estimate of drug-likeness (QED) is 0.182. The van der Waals surface area contributed by atoms with E-state index in [1.54, 1.807) is 12.4 Å². The molecule has 0 spiro atoms. The second kappa shape index (κ2) is 10.6. The van der Waals surface area contributed by atoms with Crippen molar-refractivity contribution >= 4 is 33.8 Å². The maximum atomic E-state index is 7.01. The summed E-state index contributed by atoms with van der Waals surface area (Å²) in [5.74, 6) is 2.94. The minimum atomic E-state index is -2.70. The highest BCUT2D eigenvalue weighted by molar-refractivity contribution is 8.26. The van der Waals surface area contributed by atoms with Crippen LogP contribution in [0.5, 0.6) is 23.0 Å². The van der Waals surface area contributed by atoms with Gasteiger partial charge < -0.3 is 9.47 Å². The Morgan fingerprint density at radius 2 is 0.913 bits per heavy atom. The van der Waals surface area contributed by atoms with E-state index in [2.05, 4.69) is 91.0 Å². The Labute approximate surface area is 272 Å². The first kappa shape index (κ1) is 27.0. The minimum Gasteiger partial charge on any atom is -0.455 e. The zero-order chi connectivity index (χ0) is 30.7. The molecule has 2 aliphatic rings. The number of benzene rings is 5. The number of hydrogen-bond donors (Lipinski definition) is 0. The van der Waals surface area contributed by atoms with E-state index in [9.17, 15) is 0 Å². The van der Waals surface area contributed by atoms with Gasteiger partial charge in [0.15, 0.2) is 0 Å². The molecule has 9 rings (SSSR count). The second-order valence-electron chi connectivity index (χ2n) is 11.3. The molecule has 2 aliphatic heterocycles. The van der Waals surface area contributed by atoms with Crippen LogP contribution in [-0.4, -0.2) is 9.97 Å². The first-order valence-electron chi connectivity index (χ1n) is 15.1. The van der Waals surface area contributed by atoms with E-state index >= 15 is 0 Å². The number of ether oxygens (including phenoxy) is 2. The molecule has 0 fully saturated rings. The summed E-state index contributed by atoms with van der Waals surface area (Å²) in [6.45, 7) is 0. The fourth-order valence-corrected chi connectivity index (χ4v) is 10.9. The largest absolute Gasteiger partial charge is 0.455 e.